The van der Waals surface area contributed by atoms with Gasteiger partial charge in [0.15, 0.2) is 8.32 Å². The molecule has 5 heteroatoms. The molecule has 0 aliphatic carbocycles. The van der Waals surface area contributed by atoms with Crippen molar-refractivity contribution in [3.05, 3.63) is 0 Å². The van der Waals surface area contributed by atoms with Crippen molar-refractivity contribution >= 4 is 26.6 Å². The molecule has 0 radical (unpaired) electrons. The summed E-state index contributed by atoms with van der Waals surface area (Å²) >= 11 is 0. The van der Waals surface area contributed by atoms with Crippen LogP contribution in [0.5, 0.6) is 0 Å². The fourth-order valence-electron chi connectivity index (χ4n) is 1.11. The summed E-state index contributed by atoms with van der Waals surface area (Å²) in [6.45, 7) is 13.1. The average Bonchev–Trinajstić information content (AvgIpc) is 1.55. The van der Waals surface area contributed by atoms with Crippen LogP contribution >= 0.6 is 0 Å². The van der Waals surface area contributed by atoms with Crippen molar-refractivity contribution in [2.24, 2.45) is 0 Å². The van der Waals surface area contributed by atoms with Gasteiger partial charge in [0.05, 0.1) is 0 Å². The lowest BCUT2D eigenvalue weighted by molar-refractivity contribution is 0.412. The highest BCUT2D eigenvalue weighted by Gasteiger charge is 2.30. The van der Waals surface area contributed by atoms with Gasteiger partial charge in [-0.1, -0.05) is 21.4 Å². The van der Waals surface area contributed by atoms with Gasteiger partial charge in [-0.2, -0.15) is 0 Å². The van der Waals surface area contributed by atoms with Crippen LogP contribution < -0.4 is 0 Å². The molecular formula is C8H28O2Si3. The minimum Gasteiger partial charge on any atom is -0.442 e. The highest BCUT2D eigenvalue weighted by Crippen LogP contribution is 2.14. The van der Waals surface area contributed by atoms with Gasteiger partial charge in [0.2, 0.25) is 0 Å². The van der Waals surface area contributed by atoms with Gasteiger partial charge in [0, 0.05) is 0 Å². The van der Waals surface area contributed by atoms with Crippen molar-refractivity contribution in [2.45, 2.75) is 54.1 Å². The van der Waals surface area contributed by atoms with Gasteiger partial charge in [-0.3, -0.25) is 0 Å². The first-order chi connectivity index (χ1) is 4.77. The van der Waals surface area contributed by atoms with E-state index in [-0.39, 0.29) is 24.6 Å². The Labute approximate surface area is 89.4 Å². The maximum atomic E-state index is 5.96. The Balaban J connectivity index is -0.000000500. The van der Waals surface area contributed by atoms with E-state index in [1.165, 1.54) is 0 Å². The molecule has 2 nitrogen and oxygen atoms in total. The van der Waals surface area contributed by atoms with E-state index in [1.807, 2.05) is 0 Å². The summed E-state index contributed by atoms with van der Waals surface area (Å²) in [5.74, 6) is 0. The Hall–Kier alpha value is 0.571. The zero-order valence-electron chi connectivity index (χ0n) is 8.52. The molecule has 13 heavy (non-hydrogen) atoms. The lowest BCUT2D eigenvalue weighted by atomic mass is 11.8. The molecular weight excluding hydrogens is 212 g/mol. The molecule has 0 bridgehead atoms. The molecule has 0 N–H and O–H groups in total. The standard InChI is InChI=1S/C6H20O2Si3.2CH4/c1-9-7-11(5,6)8-10(2,3)4;;/h9H2,1-6H3;2*1H4. The molecule has 0 saturated heterocycles. The Morgan fingerprint density at radius 1 is 0.923 bits per heavy atom. The molecule has 0 aliphatic rings. The average molecular weight is 241 g/mol. The summed E-state index contributed by atoms with van der Waals surface area (Å²) in [7, 11) is -3.39. The number of hydrogen-bond acceptors (Lipinski definition) is 2. The fourth-order valence-corrected chi connectivity index (χ4v) is 10.6. The van der Waals surface area contributed by atoms with E-state index in [2.05, 4.69) is 39.3 Å². The van der Waals surface area contributed by atoms with Gasteiger partial charge in [-0.05, 0) is 32.7 Å². The van der Waals surface area contributed by atoms with Gasteiger partial charge >= 0.3 is 8.56 Å². The molecule has 0 unspecified atom stereocenters. The smallest absolute Gasteiger partial charge is 0.310 e. The van der Waals surface area contributed by atoms with Crippen LogP contribution in [0.3, 0.4) is 0 Å². The van der Waals surface area contributed by atoms with E-state index in [4.69, 9.17) is 8.23 Å². The van der Waals surface area contributed by atoms with Crippen LogP contribution in [0.2, 0.25) is 39.3 Å². The molecule has 0 aliphatic heterocycles. The van der Waals surface area contributed by atoms with E-state index in [0.29, 0.717) is 0 Å². The first kappa shape index (κ1) is 19.2. The summed E-state index contributed by atoms with van der Waals surface area (Å²) in [5, 5.41) is 0. The zero-order chi connectivity index (χ0) is 9.12. The van der Waals surface area contributed by atoms with Gasteiger partial charge in [0.1, 0.15) is 9.76 Å². The first-order valence-corrected chi connectivity index (χ1v) is 12.3. The summed E-state index contributed by atoms with van der Waals surface area (Å²) in [6.07, 6.45) is 0. The Morgan fingerprint density at radius 2 is 1.31 bits per heavy atom. The highest BCUT2D eigenvalue weighted by molar-refractivity contribution is 6.82. The van der Waals surface area contributed by atoms with E-state index < -0.39 is 16.9 Å². The van der Waals surface area contributed by atoms with Crippen LogP contribution in [0.4, 0.5) is 0 Å². The SMILES string of the molecule is C.C.C[SiH2]O[Si](C)(C)O[Si](C)(C)C. The van der Waals surface area contributed by atoms with Crippen LogP contribution in [-0.2, 0) is 8.23 Å². The largest absolute Gasteiger partial charge is 0.442 e. The normalized spacial score (nSPS) is 12.5. The summed E-state index contributed by atoms with van der Waals surface area (Å²) in [5.41, 5.74) is 0. The molecule has 0 aromatic rings. The van der Waals surface area contributed by atoms with E-state index >= 15 is 0 Å². The number of hydrogen-bond donors (Lipinski definition) is 0. The van der Waals surface area contributed by atoms with Crippen molar-refractivity contribution in [1.29, 1.82) is 0 Å². The van der Waals surface area contributed by atoms with Crippen molar-refractivity contribution in [3.8, 4) is 0 Å². The second-order valence-corrected chi connectivity index (χ2v) is 13.6. The molecule has 0 amide bonds. The highest BCUT2D eigenvalue weighted by atomic mass is 28.5. The molecule has 0 fully saturated rings. The summed E-state index contributed by atoms with van der Waals surface area (Å²) in [4.78, 5) is 0. The Bertz CT molecular complexity index is 121. The quantitative estimate of drug-likeness (QED) is 0.704. The monoisotopic (exact) mass is 240 g/mol. The van der Waals surface area contributed by atoms with Crippen molar-refractivity contribution in [3.63, 3.8) is 0 Å². The second kappa shape index (κ2) is 6.94. The Morgan fingerprint density at radius 3 is 1.54 bits per heavy atom. The van der Waals surface area contributed by atoms with Crippen molar-refractivity contribution in [2.75, 3.05) is 0 Å². The minimum absolute atomic E-state index is 0. The fraction of sp³-hybridized carbons (Fsp3) is 1.00. The third-order valence-electron chi connectivity index (χ3n) is 1.04. The van der Waals surface area contributed by atoms with Crippen LogP contribution in [0, 0.1) is 0 Å². The second-order valence-electron chi connectivity index (χ2n) is 4.05. The van der Waals surface area contributed by atoms with Crippen LogP contribution in [0.15, 0.2) is 0 Å². The van der Waals surface area contributed by atoms with E-state index in [9.17, 15) is 0 Å². The zero-order valence-corrected chi connectivity index (χ0v) is 11.9. The van der Waals surface area contributed by atoms with Crippen molar-refractivity contribution < 1.29 is 8.23 Å². The third-order valence-corrected chi connectivity index (χ3v) is 9.40. The third kappa shape index (κ3) is 12.6. The van der Waals surface area contributed by atoms with Gasteiger partial charge < -0.3 is 8.23 Å². The summed E-state index contributed by atoms with van der Waals surface area (Å²) < 4.78 is 11.7. The lowest BCUT2D eigenvalue weighted by Gasteiger charge is -2.30. The lowest BCUT2D eigenvalue weighted by Crippen LogP contribution is -2.45. The van der Waals surface area contributed by atoms with Crippen LogP contribution in [0.25, 0.3) is 0 Å². The molecule has 0 aromatic heterocycles. The minimum atomic E-state index is -1.72. The predicted molar refractivity (Wildman–Crippen MR) is 70.9 cm³/mol. The molecule has 0 aromatic carbocycles. The van der Waals surface area contributed by atoms with Crippen LogP contribution in [0.1, 0.15) is 14.9 Å². The van der Waals surface area contributed by atoms with E-state index in [0.717, 1.165) is 0 Å². The predicted octanol–water partition coefficient (Wildman–Crippen LogP) is 2.96. The number of rotatable bonds is 4. The molecule has 0 spiro atoms. The first-order valence-electron chi connectivity index (χ1n) is 4.11. The molecule has 84 valence electrons. The van der Waals surface area contributed by atoms with E-state index in [1.54, 1.807) is 0 Å². The molecule has 0 saturated carbocycles. The van der Waals surface area contributed by atoms with Crippen molar-refractivity contribution in [1.82, 2.24) is 0 Å². The van der Waals surface area contributed by atoms with Gasteiger partial charge in [0.25, 0.3) is 0 Å². The maximum absolute atomic E-state index is 5.96. The molecule has 0 atom stereocenters. The van der Waals surface area contributed by atoms with Gasteiger partial charge in [-0.15, -0.1) is 0 Å². The maximum Gasteiger partial charge on any atom is 0.310 e. The molecule has 0 rings (SSSR count). The Kier molecular flexibility index (Phi) is 10.2. The van der Waals surface area contributed by atoms with Gasteiger partial charge in [-0.25, -0.2) is 0 Å². The van der Waals surface area contributed by atoms with Crippen LogP contribution in [-0.4, -0.2) is 26.6 Å². The topological polar surface area (TPSA) is 18.5 Å². The summed E-state index contributed by atoms with van der Waals surface area (Å²) in [6, 6.07) is 0. The molecule has 0 heterocycles.